The SMILES string of the molecule is CC1(C)[C@@H](O)CC[C@]2(C)[C@H]3C(O)C=C4[C@@H]5C[C@](C)(B6OC(C)(C)C(C)(C)O6)CC[C@]5(C)CC[C@@]4(C)[C@]3(C)CC[C@@H]12. The molecular weight excluding hydrogens is 495 g/mol. The normalized spacial score (nSPS) is 54.5. The van der Waals surface area contributed by atoms with E-state index in [1.54, 1.807) is 5.57 Å². The van der Waals surface area contributed by atoms with Crippen molar-refractivity contribution in [2.24, 2.45) is 44.8 Å². The maximum absolute atomic E-state index is 12.2. The zero-order chi connectivity index (χ0) is 29.5. The predicted octanol–water partition coefficient (Wildman–Crippen LogP) is 7.97. The van der Waals surface area contributed by atoms with E-state index in [1.807, 2.05) is 0 Å². The van der Waals surface area contributed by atoms with Crippen LogP contribution in [0.4, 0.5) is 0 Å². The monoisotopic (exact) mass is 554 g/mol. The molecular formula is C35H59BO4. The van der Waals surface area contributed by atoms with E-state index in [4.69, 9.17) is 9.31 Å². The van der Waals surface area contributed by atoms with Gasteiger partial charge in [0, 0.05) is 11.2 Å². The summed E-state index contributed by atoms with van der Waals surface area (Å²) < 4.78 is 13.4. The van der Waals surface area contributed by atoms with Crippen molar-refractivity contribution in [3.8, 4) is 0 Å². The maximum Gasteiger partial charge on any atom is 0.464 e. The fourth-order valence-corrected chi connectivity index (χ4v) is 11.8. The number of allylic oxidation sites excluding steroid dienone is 1. The molecule has 0 bridgehead atoms. The minimum Gasteiger partial charge on any atom is -0.403 e. The van der Waals surface area contributed by atoms with Gasteiger partial charge in [-0.2, -0.15) is 0 Å². The molecule has 6 aliphatic rings. The van der Waals surface area contributed by atoms with Gasteiger partial charge in [-0.3, -0.25) is 0 Å². The fourth-order valence-electron chi connectivity index (χ4n) is 11.8. The molecule has 5 heteroatoms. The molecule has 40 heavy (non-hydrogen) atoms. The van der Waals surface area contributed by atoms with Crippen molar-refractivity contribution in [1.82, 2.24) is 0 Å². The lowest BCUT2D eigenvalue weighted by Gasteiger charge is -2.72. The number of aliphatic hydroxyl groups excluding tert-OH is 2. The van der Waals surface area contributed by atoms with Crippen LogP contribution in [0.3, 0.4) is 0 Å². The molecule has 0 amide bonds. The van der Waals surface area contributed by atoms with Crippen LogP contribution >= 0.6 is 0 Å². The van der Waals surface area contributed by atoms with E-state index in [0.717, 1.165) is 38.5 Å². The molecule has 2 N–H and O–H groups in total. The number of hydrogen-bond donors (Lipinski definition) is 2. The molecule has 0 spiro atoms. The van der Waals surface area contributed by atoms with Crippen molar-refractivity contribution >= 4 is 7.12 Å². The molecule has 0 aromatic heterocycles. The molecule has 1 heterocycles. The highest BCUT2D eigenvalue weighted by Crippen LogP contribution is 2.76. The van der Waals surface area contributed by atoms with Gasteiger partial charge in [0.25, 0.3) is 0 Å². The van der Waals surface area contributed by atoms with Crippen LogP contribution in [-0.2, 0) is 9.31 Å². The van der Waals surface area contributed by atoms with Crippen LogP contribution in [0, 0.1) is 44.8 Å². The molecule has 226 valence electrons. The summed E-state index contributed by atoms with van der Waals surface area (Å²) in [7, 11) is -0.196. The van der Waals surface area contributed by atoms with E-state index in [2.05, 4.69) is 82.2 Å². The van der Waals surface area contributed by atoms with E-state index in [1.165, 1.54) is 19.3 Å². The first-order valence-electron chi connectivity index (χ1n) is 16.6. The Morgan fingerprint density at radius 1 is 0.750 bits per heavy atom. The zero-order valence-corrected chi connectivity index (χ0v) is 27.6. The van der Waals surface area contributed by atoms with Crippen LogP contribution in [0.5, 0.6) is 0 Å². The van der Waals surface area contributed by atoms with Crippen LogP contribution in [-0.4, -0.2) is 40.7 Å². The average Bonchev–Trinajstić information content (AvgIpc) is 3.06. The standard InChI is InChI=1S/C35H59BO4/c1-28(2)25-12-15-35(11)27(33(25,9)14-13-26(28)38)24(37)20-22-23-21-32(8,36-39-29(3,4)30(5,6)40-36)18-16-31(23,7)17-19-34(22,35)10/h20,23-27,37-38H,12-19,21H2,1-11H3/t23-,24?,25-,26-,27+,31+,32+,33-,34+,35+/m0/s1. The highest BCUT2D eigenvalue weighted by molar-refractivity contribution is 6.49. The number of fused-ring (bicyclic) bond motifs is 7. The van der Waals surface area contributed by atoms with Crippen molar-refractivity contribution < 1.29 is 19.5 Å². The Hall–Kier alpha value is -0.355. The predicted molar refractivity (Wildman–Crippen MR) is 163 cm³/mol. The minimum absolute atomic E-state index is 0.0324. The first-order chi connectivity index (χ1) is 18.2. The van der Waals surface area contributed by atoms with Crippen molar-refractivity contribution in [1.29, 1.82) is 0 Å². The smallest absolute Gasteiger partial charge is 0.403 e. The van der Waals surface area contributed by atoms with Crippen LogP contribution in [0.15, 0.2) is 11.6 Å². The summed E-state index contributed by atoms with van der Waals surface area (Å²) in [5, 5.41) is 23.2. The maximum atomic E-state index is 12.2. The molecule has 1 aliphatic heterocycles. The molecule has 0 aromatic carbocycles. The minimum atomic E-state index is -0.431. The van der Waals surface area contributed by atoms with Crippen LogP contribution in [0.1, 0.15) is 134 Å². The van der Waals surface area contributed by atoms with Gasteiger partial charge in [-0.05, 0) is 124 Å². The van der Waals surface area contributed by atoms with Crippen LogP contribution < -0.4 is 0 Å². The van der Waals surface area contributed by atoms with Gasteiger partial charge in [-0.25, -0.2) is 0 Å². The second-order valence-electron chi connectivity index (χ2n) is 18.5. The van der Waals surface area contributed by atoms with Crippen LogP contribution in [0.2, 0.25) is 5.31 Å². The summed E-state index contributed by atoms with van der Waals surface area (Å²) >= 11 is 0. The van der Waals surface area contributed by atoms with Gasteiger partial charge in [0.1, 0.15) is 0 Å². The van der Waals surface area contributed by atoms with Crippen molar-refractivity contribution in [2.75, 3.05) is 0 Å². The molecule has 10 atom stereocenters. The van der Waals surface area contributed by atoms with Gasteiger partial charge >= 0.3 is 7.12 Å². The third kappa shape index (κ3) is 3.59. The van der Waals surface area contributed by atoms with Crippen molar-refractivity contribution in [2.45, 2.75) is 163 Å². The Labute approximate surface area is 245 Å². The molecule has 4 nitrogen and oxygen atoms in total. The summed E-state index contributed by atoms with van der Waals surface area (Å²) in [5.74, 6) is 1.10. The lowest BCUT2D eigenvalue weighted by Crippen LogP contribution is -2.67. The molecule has 5 aliphatic carbocycles. The number of rotatable bonds is 1. The molecule has 4 saturated carbocycles. The van der Waals surface area contributed by atoms with Crippen LogP contribution in [0.25, 0.3) is 0 Å². The molecule has 1 saturated heterocycles. The second kappa shape index (κ2) is 8.42. The molecule has 0 aromatic rings. The Morgan fingerprint density at radius 3 is 1.98 bits per heavy atom. The average molecular weight is 555 g/mol. The largest absolute Gasteiger partial charge is 0.464 e. The highest BCUT2D eigenvalue weighted by Gasteiger charge is 2.70. The Kier molecular flexibility index (Phi) is 6.25. The Balaban J connectivity index is 1.39. The third-order valence-electron chi connectivity index (χ3n) is 15.6. The van der Waals surface area contributed by atoms with E-state index in [0.29, 0.717) is 11.8 Å². The first-order valence-corrected chi connectivity index (χ1v) is 16.6. The highest BCUT2D eigenvalue weighted by atomic mass is 16.7. The third-order valence-corrected chi connectivity index (χ3v) is 15.6. The quantitative estimate of drug-likeness (QED) is 0.255. The second-order valence-corrected chi connectivity index (χ2v) is 18.5. The number of aliphatic hydroxyl groups is 2. The Morgan fingerprint density at radius 2 is 1.35 bits per heavy atom. The van der Waals surface area contributed by atoms with E-state index in [-0.39, 0.29) is 62.7 Å². The topological polar surface area (TPSA) is 58.9 Å². The summed E-state index contributed by atoms with van der Waals surface area (Å²) in [6, 6.07) is 0. The van der Waals surface area contributed by atoms with Gasteiger partial charge in [0.15, 0.2) is 0 Å². The molecule has 0 radical (unpaired) electrons. The summed E-state index contributed by atoms with van der Waals surface area (Å²) in [4.78, 5) is 0. The number of hydrogen-bond acceptors (Lipinski definition) is 4. The zero-order valence-electron chi connectivity index (χ0n) is 27.6. The van der Waals surface area contributed by atoms with E-state index < -0.39 is 6.10 Å². The van der Waals surface area contributed by atoms with Crippen molar-refractivity contribution in [3.05, 3.63) is 11.6 Å². The molecule has 1 unspecified atom stereocenters. The van der Waals surface area contributed by atoms with E-state index in [9.17, 15) is 10.2 Å². The fraction of sp³-hybridized carbons (Fsp3) is 0.943. The Bertz CT molecular complexity index is 1080. The lowest BCUT2D eigenvalue weighted by molar-refractivity contribution is -0.224. The summed E-state index contributed by atoms with van der Waals surface area (Å²) in [6.07, 6.45) is 11.7. The summed E-state index contributed by atoms with van der Waals surface area (Å²) in [6.45, 7) is 25.8. The van der Waals surface area contributed by atoms with Gasteiger partial charge in [-0.15, -0.1) is 0 Å². The van der Waals surface area contributed by atoms with Gasteiger partial charge in [0.05, 0.1) is 23.4 Å². The van der Waals surface area contributed by atoms with Gasteiger partial charge < -0.3 is 19.5 Å². The lowest BCUT2D eigenvalue weighted by atomic mass is 9.32. The molecule has 5 fully saturated rings. The van der Waals surface area contributed by atoms with Crippen molar-refractivity contribution in [3.63, 3.8) is 0 Å². The van der Waals surface area contributed by atoms with Gasteiger partial charge in [0.2, 0.25) is 0 Å². The summed E-state index contributed by atoms with van der Waals surface area (Å²) in [5.41, 5.74) is 1.20. The van der Waals surface area contributed by atoms with E-state index >= 15 is 0 Å². The first kappa shape index (κ1) is 29.7. The molecule has 6 rings (SSSR count). The van der Waals surface area contributed by atoms with Gasteiger partial charge in [-0.1, -0.05) is 60.1 Å².